The molecule has 0 aliphatic heterocycles. The number of hydrogen-bond donors (Lipinski definition) is 0. The predicted molar refractivity (Wildman–Crippen MR) is 52.9 cm³/mol. The third kappa shape index (κ3) is 2.93. The van der Waals surface area contributed by atoms with Gasteiger partial charge in [0.2, 0.25) is 5.12 Å². The van der Waals surface area contributed by atoms with Crippen LogP contribution in [0.4, 0.5) is 0 Å². The summed E-state index contributed by atoms with van der Waals surface area (Å²) in [5.74, 6) is 0.728. The van der Waals surface area contributed by atoms with Gasteiger partial charge in [-0.3, -0.25) is 4.79 Å². The van der Waals surface area contributed by atoms with Crippen LogP contribution >= 0.6 is 11.8 Å². The number of benzene rings is 1. The topological polar surface area (TPSA) is 17.1 Å². The first kappa shape index (κ1) is 9.07. The Morgan fingerprint density at radius 1 is 1.42 bits per heavy atom. The Bertz CT molecular complexity index is 266. The molecule has 2 heteroatoms. The molecule has 1 aromatic carbocycles. The van der Waals surface area contributed by atoms with Crippen molar-refractivity contribution in [2.24, 2.45) is 0 Å². The van der Waals surface area contributed by atoms with E-state index < -0.39 is 0 Å². The van der Waals surface area contributed by atoms with Gasteiger partial charge in [-0.05, 0) is 11.6 Å². The molecule has 0 fully saturated rings. The highest BCUT2D eigenvalue weighted by Crippen LogP contribution is 2.12. The Labute approximate surface area is 76.5 Å². The molecule has 0 aliphatic carbocycles. The van der Waals surface area contributed by atoms with Crippen molar-refractivity contribution in [3.63, 3.8) is 0 Å². The molecule has 62 valence electrons. The molecule has 0 spiro atoms. The van der Waals surface area contributed by atoms with Crippen molar-refractivity contribution < 1.29 is 4.79 Å². The molecule has 0 aliphatic rings. The lowest BCUT2D eigenvalue weighted by Gasteiger charge is -1.96. The van der Waals surface area contributed by atoms with E-state index in [0.717, 1.165) is 11.3 Å². The minimum absolute atomic E-state index is 0.0267. The van der Waals surface area contributed by atoms with Crippen LogP contribution in [0.3, 0.4) is 0 Å². The van der Waals surface area contributed by atoms with Gasteiger partial charge in [-0.2, -0.15) is 0 Å². The Balaban J connectivity index is 2.43. The van der Waals surface area contributed by atoms with E-state index in [2.05, 4.69) is 6.58 Å². The fourth-order valence-electron chi connectivity index (χ4n) is 0.788. The second kappa shape index (κ2) is 4.78. The van der Waals surface area contributed by atoms with Crippen LogP contribution in [0, 0.1) is 0 Å². The highest BCUT2D eigenvalue weighted by molar-refractivity contribution is 8.13. The minimum Gasteiger partial charge on any atom is -0.282 e. The second-order valence-corrected chi connectivity index (χ2v) is 3.28. The number of carbonyl (C=O) groups is 1. The van der Waals surface area contributed by atoms with Crippen molar-refractivity contribution in [2.75, 3.05) is 0 Å². The van der Waals surface area contributed by atoms with E-state index in [0.29, 0.717) is 0 Å². The number of carbonyl (C=O) groups excluding carboxylic acids is 1. The van der Waals surface area contributed by atoms with Gasteiger partial charge in [-0.15, -0.1) is 0 Å². The van der Waals surface area contributed by atoms with Crippen LogP contribution in [0.1, 0.15) is 5.56 Å². The number of rotatable bonds is 3. The molecule has 0 saturated heterocycles. The van der Waals surface area contributed by atoms with E-state index in [4.69, 9.17) is 0 Å². The van der Waals surface area contributed by atoms with Crippen molar-refractivity contribution in [3.8, 4) is 0 Å². The van der Waals surface area contributed by atoms with Gasteiger partial charge in [0.15, 0.2) is 0 Å². The molecule has 1 aromatic rings. The summed E-state index contributed by atoms with van der Waals surface area (Å²) in [7, 11) is 0. The van der Waals surface area contributed by atoms with Crippen molar-refractivity contribution in [1.29, 1.82) is 0 Å². The fraction of sp³-hybridized carbons (Fsp3) is 0.100. The smallest absolute Gasteiger partial charge is 0.211 e. The Morgan fingerprint density at radius 2 is 2.08 bits per heavy atom. The zero-order valence-corrected chi connectivity index (χ0v) is 7.51. The summed E-state index contributed by atoms with van der Waals surface area (Å²) in [5, 5.41) is 0.0267. The summed E-state index contributed by atoms with van der Waals surface area (Å²) < 4.78 is 0. The van der Waals surface area contributed by atoms with Crippen LogP contribution in [0.15, 0.2) is 43.0 Å². The van der Waals surface area contributed by atoms with E-state index in [9.17, 15) is 4.79 Å². The molecule has 0 saturated carbocycles. The lowest BCUT2D eigenvalue weighted by Crippen LogP contribution is -1.85. The summed E-state index contributed by atoms with van der Waals surface area (Å²) in [6.45, 7) is 3.40. The molecule has 0 unspecified atom stereocenters. The highest BCUT2D eigenvalue weighted by atomic mass is 32.2. The first-order chi connectivity index (χ1) is 5.83. The summed E-state index contributed by atoms with van der Waals surface area (Å²) in [6.07, 6.45) is 1.34. The van der Waals surface area contributed by atoms with E-state index in [1.807, 2.05) is 30.3 Å². The minimum atomic E-state index is 0.0267. The standard InChI is InChI=1S/C10H10OS/c1-2-10(11)12-8-9-6-4-3-5-7-9/h2-7H,1,8H2. The van der Waals surface area contributed by atoms with Crippen molar-refractivity contribution in [1.82, 2.24) is 0 Å². The summed E-state index contributed by atoms with van der Waals surface area (Å²) in [5.41, 5.74) is 1.16. The normalized spacial score (nSPS) is 9.33. The molecule has 0 bridgehead atoms. The molecule has 0 heterocycles. The molecule has 0 radical (unpaired) electrons. The first-order valence-electron chi connectivity index (χ1n) is 3.66. The van der Waals surface area contributed by atoms with E-state index in [1.165, 1.54) is 17.8 Å². The van der Waals surface area contributed by atoms with Gasteiger partial charge in [0, 0.05) is 5.75 Å². The van der Waals surface area contributed by atoms with Gasteiger partial charge in [0.25, 0.3) is 0 Å². The molecule has 12 heavy (non-hydrogen) atoms. The summed E-state index contributed by atoms with van der Waals surface area (Å²) in [6, 6.07) is 9.90. The van der Waals surface area contributed by atoms with Crippen molar-refractivity contribution in [3.05, 3.63) is 48.6 Å². The van der Waals surface area contributed by atoms with Gasteiger partial charge < -0.3 is 0 Å². The predicted octanol–water partition coefficient (Wildman–Crippen LogP) is 2.63. The third-order valence-corrected chi connectivity index (χ3v) is 2.32. The van der Waals surface area contributed by atoms with Gasteiger partial charge in [-0.1, -0.05) is 48.7 Å². The third-order valence-electron chi connectivity index (χ3n) is 1.39. The Kier molecular flexibility index (Phi) is 3.61. The molecular weight excluding hydrogens is 168 g/mol. The maximum atomic E-state index is 10.8. The van der Waals surface area contributed by atoms with Gasteiger partial charge in [0.1, 0.15) is 0 Å². The average Bonchev–Trinajstić information content (AvgIpc) is 2.16. The van der Waals surface area contributed by atoms with Crippen molar-refractivity contribution >= 4 is 16.9 Å². The molecule has 1 nitrogen and oxygen atoms in total. The maximum absolute atomic E-state index is 10.8. The monoisotopic (exact) mass is 178 g/mol. The van der Waals surface area contributed by atoms with Gasteiger partial charge >= 0.3 is 0 Å². The summed E-state index contributed by atoms with van der Waals surface area (Å²) in [4.78, 5) is 10.8. The SMILES string of the molecule is C=CC(=O)SCc1ccccc1. The van der Waals surface area contributed by atoms with E-state index >= 15 is 0 Å². The van der Waals surface area contributed by atoms with Crippen molar-refractivity contribution in [2.45, 2.75) is 5.75 Å². The zero-order valence-electron chi connectivity index (χ0n) is 6.69. The highest BCUT2D eigenvalue weighted by Gasteiger charge is 1.96. The van der Waals surface area contributed by atoms with Crippen LogP contribution in [0.25, 0.3) is 0 Å². The fourth-order valence-corrected chi connectivity index (χ4v) is 1.41. The molecule has 0 N–H and O–H groups in total. The van der Waals surface area contributed by atoms with Crippen LogP contribution in [-0.4, -0.2) is 5.12 Å². The van der Waals surface area contributed by atoms with Crippen LogP contribution < -0.4 is 0 Å². The molecule has 0 atom stereocenters. The summed E-state index contributed by atoms with van der Waals surface area (Å²) >= 11 is 1.27. The van der Waals surface area contributed by atoms with Crippen LogP contribution in [0.5, 0.6) is 0 Å². The first-order valence-corrected chi connectivity index (χ1v) is 4.64. The average molecular weight is 178 g/mol. The maximum Gasteiger partial charge on any atom is 0.211 e. The Morgan fingerprint density at radius 3 is 2.67 bits per heavy atom. The Hall–Kier alpha value is -1.02. The zero-order chi connectivity index (χ0) is 8.81. The van der Waals surface area contributed by atoms with Crippen LogP contribution in [0.2, 0.25) is 0 Å². The van der Waals surface area contributed by atoms with Crippen LogP contribution in [-0.2, 0) is 10.5 Å². The molecular formula is C10H10OS. The lowest BCUT2D eigenvalue weighted by atomic mass is 10.2. The molecule has 0 amide bonds. The number of hydrogen-bond acceptors (Lipinski definition) is 2. The van der Waals surface area contributed by atoms with E-state index in [1.54, 1.807) is 0 Å². The largest absolute Gasteiger partial charge is 0.282 e. The lowest BCUT2D eigenvalue weighted by molar-refractivity contribution is -0.107. The molecule has 0 aromatic heterocycles. The van der Waals surface area contributed by atoms with Gasteiger partial charge in [-0.25, -0.2) is 0 Å². The van der Waals surface area contributed by atoms with E-state index in [-0.39, 0.29) is 5.12 Å². The molecule has 1 rings (SSSR count). The van der Waals surface area contributed by atoms with Gasteiger partial charge in [0.05, 0.1) is 0 Å². The number of thioether (sulfide) groups is 1. The second-order valence-electron chi connectivity index (χ2n) is 2.30. The quantitative estimate of drug-likeness (QED) is 0.662.